The van der Waals surface area contributed by atoms with E-state index in [9.17, 15) is 5.11 Å². The second kappa shape index (κ2) is 6.21. The first-order valence-electron chi connectivity index (χ1n) is 8.07. The summed E-state index contributed by atoms with van der Waals surface area (Å²) in [4.78, 5) is 5.99. The third-order valence-corrected chi connectivity index (χ3v) is 5.24. The van der Waals surface area contributed by atoms with Crippen LogP contribution in [0.2, 0.25) is 0 Å². The molecular weight excluding hydrogens is 371 g/mol. The van der Waals surface area contributed by atoms with Gasteiger partial charge in [-0.25, -0.2) is 4.39 Å². The lowest BCUT2D eigenvalue weighted by molar-refractivity contribution is -0.153. The molecule has 2 aromatic rings. The van der Waals surface area contributed by atoms with Gasteiger partial charge >= 0.3 is 0 Å². The Kier molecular flexibility index (Phi) is 4.53. The first kappa shape index (κ1) is 17.5. The van der Waals surface area contributed by atoms with Gasteiger partial charge in [-0.1, -0.05) is 38.1 Å². The molecule has 1 atom stereocenters. The van der Waals surface area contributed by atoms with Gasteiger partial charge in [0.05, 0.1) is 0 Å². The number of likely N-dealkylation sites (tertiary alicyclic amines) is 1. The predicted octanol–water partition coefficient (Wildman–Crippen LogP) is 3.86. The second-order valence-corrected chi connectivity index (χ2v) is 7.93. The van der Waals surface area contributed by atoms with Gasteiger partial charge in [0.2, 0.25) is 0 Å². The number of aromatic nitrogens is 1. The van der Waals surface area contributed by atoms with Gasteiger partial charge in [-0.2, -0.15) is 0 Å². The molecule has 0 saturated carbocycles. The first-order chi connectivity index (χ1) is 11.3. The molecule has 0 aliphatic carbocycles. The van der Waals surface area contributed by atoms with E-state index in [4.69, 9.17) is 0 Å². The molecule has 1 N–H and O–H groups in total. The number of pyridine rings is 1. The molecule has 1 aromatic heterocycles. The second-order valence-electron chi connectivity index (χ2n) is 7.02. The fourth-order valence-electron chi connectivity index (χ4n) is 3.44. The van der Waals surface area contributed by atoms with Crippen molar-refractivity contribution in [3.05, 3.63) is 63.9 Å². The molecule has 0 unspecified atom stereocenters. The number of rotatable bonds is 4. The number of hydrogen-bond donors (Lipinski definition) is 1. The topological polar surface area (TPSA) is 36.4 Å². The highest BCUT2D eigenvalue weighted by Gasteiger charge is 2.59. The van der Waals surface area contributed by atoms with E-state index in [0.717, 1.165) is 5.56 Å². The maximum absolute atomic E-state index is 15.6. The number of nitrogens with zero attached hydrogens (tertiary/aromatic N) is 2. The number of hydrogen-bond acceptors (Lipinski definition) is 3. The number of halogens is 2. The minimum atomic E-state index is -1.75. The molecule has 3 rings (SSSR count). The minimum absolute atomic E-state index is 0.182. The summed E-state index contributed by atoms with van der Waals surface area (Å²) in [5.41, 5.74) is -1.30. The molecule has 3 nitrogen and oxygen atoms in total. The van der Waals surface area contributed by atoms with Gasteiger partial charge in [0.1, 0.15) is 0 Å². The zero-order valence-corrected chi connectivity index (χ0v) is 15.7. The molecule has 128 valence electrons. The van der Waals surface area contributed by atoms with Crippen molar-refractivity contribution in [1.29, 1.82) is 0 Å². The number of aliphatic hydroxyl groups is 1. The van der Waals surface area contributed by atoms with Crippen molar-refractivity contribution < 1.29 is 9.50 Å². The van der Waals surface area contributed by atoms with Crippen LogP contribution in [-0.4, -0.2) is 40.8 Å². The van der Waals surface area contributed by atoms with Crippen LogP contribution in [0, 0.1) is 0 Å². The van der Waals surface area contributed by atoms with Crippen LogP contribution in [0.5, 0.6) is 0 Å². The van der Waals surface area contributed by atoms with Gasteiger partial charge in [-0.15, -0.1) is 0 Å². The highest BCUT2D eigenvalue weighted by Crippen LogP contribution is 2.47. The fraction of sp³-hybridized carbons (Fsp3) is 0.421. The number of alkyl halides is 1. The minimum Gasteiger partial charge on any atom is -0.377 e. The van der Waals surface area contributed by atoms with Crippen LogP contribution >= 0.6 is 15.9 Å². The monoisotopic (exact) mass is 392 g/mol. The van der Waals surface area contributed by atoms with Gasteiger partial charge in [0, 0.05) is 35.5 Å². The summed E-state index contributed by atoms with van der Waals surface area (Å²) >= 11 is 3.37. The van der Waals surface area contributed by atoms with Crippen LogP contribution in [0.4, 0.5) is 4.39 Å². The van der Waals surface area contributed by atoms with E-state index < -0.39 is 11.3 Å². The van der Waals surface area contributed by atoms with E-state index in [1.54, 1.807) is 18.5 Å². The Bertz CT molecular complexity index is 728. The molecule has 1 aromatic carbocycles. The average Bonchev–Trinajstić information content (AvgIpc) is 2.52. The predicted molar refractivity (Wildman–Crippen MR) is 96.8 cm³/mol. The lowest BCUT2D eigenvalue weighted by Gasteiger charge is -2.52. The van der Waals surface area contributed by atoms with Gasteiger partial charge in [-0.05, 0) is 46.1 Å². The smallest absolute Gasteiger partial charge is 0.172 e. The maximum atomic E-state index is 15.6. The van der Waals surface area contributed by atoms with Gasteiger partial charge in [0.15, 0.2) is 11.3 Å². The number of benzene rings is 1. The molecule has 1 aliphatic rings. The fourth-order valence-corrected chi connectivity index (χ4v) is 3.81. The summed E-state index contributed by atoms with van der Waals surface area (Å²) in [7, 11) is 1.85. The van der Waals surface area contributed by atoms with Crippen molar-refractivity contribution in [3.8, 4) is 0 Å². The quantitative estimate of drug-likeness (QED) is 0.857. The van der Waals surface area contributed by atoms with E-state index in [1.165, 1.54) is 0 Å². The highest BCUT2D eigenvalue weighted by atomic mass is 79.9. The SMILES string of the molecule is CC(C)c1ccc([C@](O)(c2cncc(Br)c2)C2(F)CN(C)C2)cc1. The Balaban J connectivity index is 2.12. The van der Waals surface area contributed by atoms with Crippen molar-refractivity contribution in [3.63, 3.8) is 0 Å². The van der Waals surface area contributed by atoms with Crippen molar-refractivity contribution in [2.45, 2.75) is 31.0 Å². The highest BCUT2D eigenvalue weighted by molar-refractivity contribution is 9.10. The lowest BCUT2D eigenvalue weighted by Crippen LogP contribution is -2.68. The molecule has 0 radical (unpaired) electrons. The van der Waals surface area contributed by atoms with Crippen LogP contribution < -0.4 is 0 Å². The third kappa shape index (κ3) is 2.79. The van der Waals surface area contributed by atoms with Crippen LogP contribution in [0.15, 0.2) is 47.2 Å². The van der Waals surface area contributed by atoms with Crippen LogP contribution in [-0.2, 0) is 5.60 Å². The summed E-state index contributed by atoms with van der Waals surface area (Å²) in [6.45, 7) is 4.58. The van der Waals surface area contributed by atoms with E-state index >= 15 is 4.39 Å². The van der Waals surface area contributed by atoms with E-state index in [2.05, 4.69) is 34.8 Å². The molecule has 1 aliphatic heterocycles. The van der Waals surface area contributed by atoms with Crippen LogP contribution in [0.1, 0.15) is 36.5 Å². The summed E-state index contributed by atoms with van der Waals surface area (Å²) in [5.74, 6) is 0.383. The van der Waals surface area contributed by atoms with Crippen LogP contribution in [0.3, 0.4) is 0 Å². The molecule has 5 heteroatoms. The average molecular weight is 393 g/mol. The normalized spacial score (nSPS) is 19.8. The van der Waals surface area contributed by atoms with Gasteiger partial charge < -0.3 is 5.11 Å². The van der Waals surface area contributed by atoms with E-state index in [0.29, 0.717) is 21.5 Å². The van der Waals surface area contributed by atoms with Crippen molar-refractivity contribution in [2.24, 2.45) is 0 Å². The first-order valence-corrected chi connectivity index (χ1v) is 8.87. The summed E-state index contributed by atoms with van der Waals surface area (Å²) in [6.07, 6.45) is 3.17. The zero-order chi connectivity index (χ0) is 17.5. The molecule has 24 heavy (non-hydrogen) atoms. The summed E-state index contributed by atoms with van der Waals surface area (Å²) in [6, 6.07) is 9.32. The molecule has 1 fully saturated rings. The molecule has 0 amide bonds. The Hall–Kier alpha value is -1.30. The Morgan fingerprint density at radius 3 is 2.33 bits per heavy atom. The van der Waals surface area contributed by atoms with E-state index in [1.807, 2.05) is 36.2 Å². The van der Waals surface area contributed by atoms with Crippen LogP contribution in [0.25, 0.3) is 0 Å². The van der Waals surface area contributed by atoms with Gasteiger partial charge in [0.25, 0.3) is 0 Å². The van der Waals surface area contributed by atoms with Crippen molar-refractivity contribution in [2.75, 3.05) is 20.1 Å². The molecule has 2 heterocycles. The molecule has 0 spiro atoms. The van der Waals surface area contributed by atoms with E-state index in [-0.39, 0.29) is 13.1 Å². The largest absolute Gasteiger partial charge is 0.377 e. The Morgan fingerprint density at radius 2 is 1.83 bits per heavy atom. The standard InChI is InChI=1S/C19H22BrFN2O/c1-13(2)14-4-6-15(7-5-14)19(24,18(21)11-23(3)12-18)16-8-17(20)10-22-9-16/h4-10,13,24H,11-12H2,1-3H3/t19-/m0/s1. The molecular formula is C19H22BrFN2O. The zero-order valence-electron chi connectivity index (χ0n) is 14.1. The van der Waals surface area contributed by atoms with Crippen molar-refractivity contribution in [1.82, 2.24) is 9.88 Å². The molecule has 1 saturated heterocycles. The third-order valence-electron chi connectivity index (χ3n) is 4.81. The molecule has 0 bridgehead atoms. The lowest BCUT2D eigenvalue weighted by atomic mass is 9.70. The van der Waals surface area contributed by atoms with Crippen molar-refractivity contribution >= 4 is 15.9 Å². The Labute approximate surface area is 150 Å². The maximum Gasteiger partial charge on any atom is 0.172 e. The summed E-state index contributed by atoms with van der Waals surface area (Å²) < 4.78 is 16.3. The van der Waals surface area contributed by atoms with Gasteiger partial charge in [-0.3, -0.25) is 9.88 Å². The summed E-state index contributed by atoms with van der Waals surface area (Å²) in [5, 5.41) is 11.5. The Morgan fingerprint density at radius 1 is 1.21 bits per heavy atom.